The Bertz CT molecular complexity index is 724. The van der Waals surface area contributed by atoms with Gasteiger partial charge in [0.05, 0.1) is 6.61 Å². The number of aryl methyl sites for hydroxylation is 1. The van der Waals surface area contributed by atoms with Crippen molar-refractivity contribution in [3.8, 4) is 5.75 Å². The average molecular weight is 439 g/mol. The van der Waals surface area contributed by atoms with Gasteiger partial charge in [0.25, 0.3) is 0 Å². The highest BCUT2D eigenvalue weighted by molar-refractivity contribution is 7.46. The molecule has 1 aliphatic heterocycles. The van der Waals surface area contributed by atoms with Crippen LogP contribution >= 0.6 is 7.82 Å². The lowest BCUT2D eigenvalue weighted by molar-refractivity contribution is -0.140. The molecule has 0 spiro atoms. The van der Waals surface area contributed by atoms with E-state index >= 15 is 0 Å². The lowest BCUT2D eigenvalue weighted by atomic mass is 9.87. The van der Waals surface area contributed by atoms with Gasteiger partial charge in [-0.2, -0.15) is 0 Å². The molecule has 1 amide bonds. The van der Waals surface area contributed by atoms with E-state index in [1.165, 1.54) is 37.7 Å². The van der Waals surface area contributed by atoms with Crippen molar-refractivity contribution in [1.29, 1.82) is 0 Å². The van der Waals surface area contributed by atoms with E-state index in [0.29, 0.717) is 6.42 Å². The molecule has 0 atom stereocenters. The summed E-state index contributed by atoms with van der Waals surface area (Å²) in [7, 11) is -4.47. The molecule has 0 bridgehead atoms. The first-order valence-corrected chi connectivity index (χ1v) is 12.7. The number of hydrogen-bond donors (Lipinski definition) is 2. The molecule has 2 N–H and O–H groups in total. The number of carbonyl (C=O) groups is 1. The van der Waals surface area contributed by atoms with Crippen molar-refractivity contribution >= 4 is 13.7 Å². The van der Waals surface area contributed by atoms with E-state index in [-0.39, 0.29) is 19.0 Å². The van der Waals surface area contributed by atoms with Crippen LogP contribution in [0.2, 0.25) is 0 Å². The highest BCUT2D eigenvalue weighted by Gasteiger charge is 2.35. The summed E-state index contributed by atoms with van der Waals surface area (Å²) in [6.07, 6.45) is 10.4. The molecule has 2 aliphatic rings. The maximum absolute atomic E-state index is 12.1. The number of rotatable bonds is 11. The fourth-order valence-corrected chi connectivity index (χ4v) is 4.80. The Kier molecular flexibility index (Phi) is 8.75. The molecule has 1 aromatic carbocycles. The van der Waals surface area contributed by atoms with Gasteiger partial charge in [-0.3, -0.25) is 9.32 Å². The molecule has 3 rings (SSSR count). The molecular weight excluding hydrogens is 405 g/mol. The van der Waals surface area contributed by atoms with Crippen LogP contribution in [0.3, 0.4) is 0 Å². The Morgan fingerprint density at radius 3 is 2.63 bits per heavy atom. The minimum atomic E-state index is -4.47. The maximum Gasteiger partial charge on any atom is 0.469 e. The number of hydrogen-bond acceptors (Lipinski definition) is 4. The SMILES string of the molecule is O=C(CCCCc1cccc(OCCC2CCCCC2)c1)N1CC(OP(=O)(O)O)C1. The molecule has 168 valence electrons. The number of phosphoric acid groups is 1. The number of unbranched alkanes of at least 4 members (excludes halogenated alkanes) is 1. The number of carbonyl (C=O) groups excluding carboxylic acids is 1. The fraction of sp³-hybridized carbons (Fsp3) is 0.682. The summed E-state index contributed by atoms with van der Waals surface area (Å²) in [6.45, 7) is 1.29. The lowest BCUT2D eigenvalue weighted by Crippen LogP contribution is -2.54. The third-order valence-corrected chi connectivity index (χ3v) is 6.58. The number of benzene rings is 1. The summed E-state index contributed by atoms with van der Waals surface area (Å²) in [4.78, 5) is 31.2. The Morgan fingerprint density at radius 1 is 1.13 bits per heavy atom. The van der Waals surface area contributed by atoms with Crippen LogP contribution in [0.25, 0.3) is 0 Å². The zero-order valence-electron chi connectivity index (χ0n) is 17.6. The Labute approximate surface area is 179 Å². The van der Waals surface area contributed by atoms with E-state index < -0.39 is 13.9 Å². The first-order chi connectivity index (χ1) is 14.4. The summed E-state index contributed by atoms with van der Waals surface area (Å²) >= 11 is 0. The van der Waals surface area contributed by atoms with E-state index in [1.54, 1.807) is 4.90 Å². The third kappa shape index (κ3) is 8.03. The zero-order chi connectivity index (χ0) is 21.4. The number of nitrogens with zero attached hydrogens (tertiary/aromatic N) is 1. The Hall–Kier alpha value is -1.40. The molecule has 1 saturated heterocycles. The van der Waals surface area contributed by atoms with E-state index in [9.17, 15) is 9.36 Å². The van der Waals surface area contributed by atoms with Crippen molar-refractivity contribution in [2.24, 2.45) is 5.92 Å². The van der Waals surface area contributed by atoms with Gasteiger partial charge in [0.1, 0.15) is 11.9 Å². The predicted molar refractivity (Wildman–Crippen MR) is 114 cm³/mol. The zero-order valence-corrected chi connectivity index (χ0v) is 18.5. The van der Waals surface area contributed by atoms with Crippen LogP contribution in [-0.4, -0.2) is 46.4 Å². The lowest BCUT2D eigenvalue weighted by Gasteiger charge is -2.38. The van der Waals surface area contributed by atoms with Crippen molar-refractivity contribution in [3.63, 3.8) is 0 Å². The quantitative estimate of drug-likeness (QED) is 0.399. The summed E-state index contributed by atoms with van der Waals surface area (Å²) in [5.41, 5.74) is 1.22. The molecular formula is C22H34NO6P. The molecule has 1 heterocycles. The smallest absolute Gasteiger partial charge is 0.469 e. The third-order valence-electron chi connectivity index (χ3n) is 6.01. The van der Waals surface area contributed by atoms with Gasteiger partial charge >= 0.3 is 7.82 Å². The minimum absolute atomic E-state index is 0.0142. The monoisotopic (exact) mass is 439 g/mol. The van der Waals surface area contributed by atoms with E-state index in [0.717, 1.165) is 44.0 Å². The first-order valence-electron chi connectivity index (χ1n) is 11.1. The largest absolute Gasteiger partial charge is 0.494 e. The van der Waals surface area contributed by atoms with Crippen LogP contribution in [0.15, 0.2) is 24.3 Å². The number of likely N-dealkylation sites (tertiary alicyclic amines) is 1. The van der Waals surface area contributed by atoms with Crippen molar-refractivity contribution in [3.05, 3.63) is 29.8 Å². The predicted octanol–water partition coefficient (Wildman–Crippen LogP) is 4.07. The summed E-state index contributed by atoms with van der Waals surface area (Å²) in [5.74, 6) is 1.76. The van der Waals surface area contributed by atoms with E-state index in [4.69, 9.17) is 14.5 Å². The number of phosphoric ester groups is 1. The molecule has 1 aromatic rings. The molecule has 8 heteroatoms. The molecule has 7 nitrogen and oxygen atoms in total. The second kappa shape index (κ2) is 11.3. The molecule has 1 saturated carbocycles. The van der Waals surface area contributed by atoms with Crippen LogP contribution in [0.1, 0.15) is 63.4 Å². The first kappa shape index (κ1) is 23.3. The van der Waals surface area contributed by atoms with Gasteiger partial charge in [0.2, 0.25) is 5.91 Å². The number of amides is 1. The van der Waals surface area contributed by atoms with Gasteiger partial charge in [-0.25, -0.2) is 4.57 Å². The van der Waals surface area contributed by atoms with Gasteiger partial charge in [0, 0.05) is 19.5 Å². The van der Waals surface area contributed by atoms with Gasteiger partial charge in [-0.15, -0.1) is 0 Å². The molecule has 0 unspecified atom stereocenters. The van der Waals surface area contributed by atoms with Crippen molar-refractivity contribution in [1.82, 2.24) is 4.90 Å². The van der Waals surface area contributed by atoms with Gasteiger partial charge in [0.15, 0.2) is 0 Å². The molecule has 2 fully saturated rings. The summed E-state index contributed by atoms with van der Waals surface area (Å²) in [5, 5.41) is 0. The average Bonchev–Trinajstić information content (AvgIpc) is 2.68. The number of ether oxygens (including phenoxy) is 1. The van der Waals surface area contributed by atoms with Crippen LogP contribution in [0.4, 0.5) is 0 Å². The van der Waals surface area contributed by atoms with Crippen LogP contribution in [0, 0.1) is 5.92 Å². The molecule has 30 heavy (non-hydrogen) atoms. The second-order valence-corrected chi connectivity index (χ2v) is 9.70. The van der Waals surface area contributed by atoms with Crippen molar-refractivity contribution < 1.29 is 28.4 Å². The summed E-state index contributed by atoms with van der Waals surface area (Å²) in [6, 6.07) is 8.23. The molecule has 0 radical (unpaired) electrons. The fourth-order valence-electron chi connectivity index (χ4n) is 4.28. The second-order valence-electron chi connectivity index (χ2n) is 8.51. The minimum Gasteiger partial charge on any atom is -0.494 e. The van der Waals surface area contributed by atoms with Crippen LogP contribution < -0.4 is 4.74 Å². The van der Waals surface area contributed by atoms with Gasteiger partial charge < -0.3 is 19.4 Å². The van der Waals surface area contributed by atoms with E-state index in [2.05, 4.69) is 16.7 Å². The van der Waals surface area contributed by atoms with Crippen LogP contribution in [-0.2, 0) is 20.3 Å². The van der Waals surface area contributed by atoms with Crippen LogP contribution in [0.5, 0.6) is 5.75 Å². The maximum atomic E-state index is 12.1. The topological polar surface area (TPSA) is 96.3 Å². The standard InChI is InChI=1S/C22H34NO6P/c24-22(23-16-21(17-23)29-30(25,26)27)12-5-4-9-19-10-6-11-20(15-19)28-14-13-18-7-2-1-3-8-18/h6,10-11,15,18,21H,1-5,7-9,12-14,16-17H2,(H2,25,26,27). The van der Waals surface area contributed by atoms with Gasteiger partial charge in [-0.1, -0.05) is 44.2 Å². The Morgan fingerprint density at radius 2 is 1.90 bits per heavy atom. The highest BCUT2D eigenvalue weighted by Crippen LogP contribution is 2.39. The van der Waals surface area contributed by atoms with Crippen molar-refractivity contribution in [2.45, 2.75) is 70.3 Å². The highest BCUT2D eigenvalue weighted by atomic mass is 31.2. The van der Waals surface area contributed by atoms with Gasteiger partial charge in [-0.05, 0) is 49.3 Å². The van der Waals surface area contributed by atoms with Crippen molar-refractivity contribution in [2.75, 3.05) is 19.7 Å². The molecule has 0 aromatic heterocycles. The summed E-state index contributed by atoms with van der Waals surface area (Å²) < 4.78 is 21.3. The van der Waals surface area contributed by atoms with E-state index in [1.807, 2.05) is 12.1 Å². The molecule has 1 aliphatic carbocycles. The Balaban J connectivity index is 1.28. The normalized spacial score (nSPS) is 18.3.